The van der Waals surface area contributed by atoms with Crippen LogP contribution >= 0.6 is 0 Å². The van der Waals surface area contributed by atoms with E-state index in [4.69, 9.17) is 4.18 Å². The number of hydrogen-bond donors (Lipinski definition) is 0. The van der Waals surface area contributed by atoms with Gasteiger partial charge in [-0.1, -0.05) is 18.2 Å². The second-order valence-corrected chi connectivity index (χ2v) is 3.83. The maximum atomic E-state index is 11.3. The van der Waals surface area contributed by atoms with Gasteiger partial charge in [-0.05, 0) is 25.0 Å². The summed E-state index contributed by atoms with van der Waals surface area (Å²) in [7, 11) is 1.45. The van der Waals surface area contributed by atoms with Gasteiger partial charge in [-0.15, -0.1) is 0 Å². The van der Waals surface area contributed by atoms with Crippen molar-refractivity contribution in [3.05, 3.63) is 29.3 Å². The van der Waals surface area contributed by atoms with E-state index in [1.165, 1.54) is 7.11 Å². The van der Waals surface area contributed by atoms with Crippen molar-refractivity contribution in [2.24, 2.45) is 0 Å². The fourth-order valence-corrected chi connectivity index (χ4v) is 1.97. The summed E-state index contributed by atoms with van der Waals surface area (Å²) in [6, 6.07) is 5.81. The van der Waals surface area contributed by atoms with E-state index in [0.717, 1.165) is 16.0 Å². The van der Waals surface area contributed by atoms with E-state index in [1.54, 1.807) is 0 Å². The first kappa shape index (κ1) is 9.42. The van der Waals surface area contributed by atoms with Gasteiger partial charge in [0.15, 0.2) is 11.1 Å². The van der Waals surface area contributed by atoms with E-state index in [9.17, 15) is 4.21 Å². The highest BCUT2D eigenvalue weighted by molar-refractivity contribution is 7.80. The molecule has 3 heteroatoms. The van der Waals surface area contributed by atoms with Gasteiger partial charge in [-0.3, -0.25) is 4.18 Å². The van der Waals surface area contributed by atoms with E-state index in [1.807, 2.05) is 32.0 Å². The van der Waals surface area contributed by atoms with Crippen LogP contribution in [0, 0.1) is 13.8 Å². The van der Waals surface area contributed by atoms with Gasteiger partial charge in [0.2, 0.25) is 0 Å². The standard InChI is InChI=1S/C9H12O2S/c1-7-5-4-6-8(2)9(7)12(10)11-3/h4-6H,1-3H3. The molecule has 0 saturated heterocycles. The van der Waals surface area contributed by atoms with Gasteiger partial charge < -0.3 is 0 Å². The number of hydrogen-bond acceptors (Lipinski definition) is 2. The van der Waals surface area contributed by atoms with Crippen LogP contribution in [0.5, 0.6) is 0 Å². The summed E-state index contributed by atoms with van der Waals surface area (Å²) in [6.07, 6.45) is 0. The lowest BCUT2D eigenvalue weighted by Gasteiger charge is -2.06. The van der Waals surface area contributed by atoms with Gasteiger partial charge in [0.25, 0.3) is 0 Å². The highest BCUT2D eigenvalue weighted by Gasteiger charge is 2.08. The highest BCUT2D eigenvalue weighted by atomic mass is 32.2. The second-order valence-electron chi connectivity index (χ2n) is 2.62. The number of benzene rings is 1. The Labute approximate surface area is 75.2 Å². The zero-order valence-corrected chi connectivity index (χ0v) is 8.27. The molecule has 0 aliphatic heterocycles. The first-order chi connectivity index (χ1) is 5.66. The van der Waals surface area contributed by atoms with E-state index >= 15 is 0 Å². The lowest BCUT2D eigenvalue weighted by molar-refractivity contribution is 0.445. The summed E-state index contributed by atoms with van der Waals surface area (Å²) >= 11 is -1.31. The SMILES string of the molecule is COS(=O)c1c(C)cccc1C. The van der Waals surface area contributed by atoms with Crippen molar-refractivity contribution in [1.82, 2.24) is 0 Å². The molecule has 1 atom stereocenters. The van der Waals surface area contributed by atoms with Crippen LogP contribution in [0.25, 0.3) is 0 Å². The van der Waals surface area contributed by atoms with E-state index in [0.29, 0.717) is 0 Å². The van der Waals surface area contributed by atoms with Crippen LogP contribution in [0.3, 0.4) is 0 Å². The summed E-state index contributed by atoms with van der Waals surface area (Å²) in [5.74, 6) is 0. The lowest BCUT2D eigenvalue weighted by atomic mass is 10.2. The zero-order valence-electron chi connectivity index (χ0n) is 7.46. The van der Waals surface area contributed by atoms with Crippen molar-refractivity contribution in [1.29, 1.82) is 0 Å². The van der Waals surface area contributed by atoms with Crippen LogP contribution in [0.1, 0.15) is 11.1 Å². The van der Waals surface area contributed by atoms with Gasteiger partial charge in [0, 0.05) is 0 Å². The minimum absolute atomic E-state index is 0.792. The van der Waals surface area contributed by atoms with Crippen molar-refractivity contribution in [3.8, 4) is 0 Å². The zero-order chi connectivity index (χ0) is 9.14. The quantitative estimate of drug-likeness (QED) is 0.702. The minimum atomic E-state index is -1.31. The van der Waals surface area contributed by atoms with Gasteiger partial charge in [-0.25, -0.2) is 4.21 Å². The van der Waals surface area contributed by atoms with Gasteiger partial charge in [0.1, 0.15) is 0 Å². The first-order valence-electron chi connectivity index (χ1n) is 3.69. The summed E-state index contributed by atoms with van der Waals surface area (Å²) in [5.41, 5.74) is 2.02. The molecule has 0 saturated carbocycles. The topological polar surface area (TPSA) is 26.3 Å². The van der Waals surface area contributed by atoms with Gasteiger partial charge >= 0.3 is 0 Å². The van der Waals surface area contributed by atoms with E-state index in [2.05, 4.69) is 0 Å². The molecule has 0 bridgehead atoms. The maximum Gasteiger partial charge on any atom is 0.189 e. The van der Waals surface area contributed by atoms with Crippen LogP contribution in [-0.4, -0.2) is 11.3 Å². The van der Waals surface area contributed by atoms with Gasteiger partial charge in [0.05, 0.1) is 12.0 Å². The molecule has 0 aliphatic carbocycles. The molecule has 1 aromatic carbocycles. The van der Waals surface area contributed by atoms with Crippen LogP contribution in [-0.2, 0) is 15.3 Å². The Morgan fingerprint density at radius 1 is 1.25 bits per heavy atom. The Morgan fingerprint density at radius 2 is 1.75 bits per heavy atom. The first-order valence-corrected chi connectivity index (χ1v) is 4.76. The molecule has 0 fully saturated rings. The third kappa shape index (κ3) is 1.73. The number of rotatable bonds is 2. The summed E-state index contributed by atoms with van der Waals surface area (Å²) in [6.45, 7) is 3.86. The van der Waals surface area contributed by atoms with Crippen molar-refractivity contribution in [3.63, 3.8) is 0 Å². The molecule has 0 heterocycles. The van der Waals surface area contributed by atoms with Crippen molar-refractivity contribution in [2.45, 2.75) is 18.7 Å². The average Bonchev–Trinajstić information content (AvgIpc) is 2.03. The molecule has 1 rings (SSSR count). The van der Waals surface area contributed by atoms with Crippen LogP contribution in [0.4, 0.5) is 0 Å². The van der Waals surface area contributed by atoms with Crippen LogP contribution < -0.4 is 0 Å². The van der Waals surface area contributed by atoms with Crippen molar-refractivity contribution < 1.29 is 8.39 Å². The van der Waals surface area contributed by atoms with Crippen molar-refractivity contribution >= 4 is 11.1 Å². The summed E-state index contributed by atoms with van der Waals surface area (Å²) in [5, 5.41) is 0. The Bertz CT molecular complexity index is 287. The molecule has 0 spiro atoms. The molecule has 12 heavy (non-hydrogen) atoms. The minimum Gasteiger partial charge on any atom is -0.290 e. The summed E-state index contributed by atoms with van der Waals surface area (Å²) in [4.78, 5) is 0.792. The molecule has 1 aromatic rings. The molecule has 0 N–H and O–H groups in total. The monoisotopic (exact) mass is 184 g/mol. The smallest absolute Gasteiger partial charge is 0.189 e. The molecular weight excluding hydrogens is 172 g/mol. The third-order valence-corrected chi connectivity index (χ3v) is 3.01. The Kier molecular flexibility index (Phi) is 3.00. The predicted octanol–water partition coefficient (Wildman–Crippen LogP) is 1.97. The largest absolute Gasteiger partial charge is 0.290 e. The molecule has 0 aliphatic rings. The van der Waals surface area contributed by atoms with E-state index in [-0.39, 0.29) is 0 Å². The Balaban J connectivity index is 3.21. The predicted molar refractivity (Wildman–Crippen MR) is 49.3 cm³/mol. The normalized spacial score (nSPS) is 12.9. The third-order valence-electron chi connectivity index (χ3n) is 1.73. The fraction of sp³-hybridized carbons (Fsp3) is 0.333. The fourth-order valence-electron chi connectivity index (χ4n) is 1.15. The van der Waals surface area contributed by atoms with Gasteiger partial charge in [-0.2, -0.15) is 0 Å². The lowest BCUT2D eigenvalue weighted by Crippen LogP contribution is -1.98. The number of aryl methyl sites for hydroxylation is 2. The molecule has 1 unspecified atom stereocenters. The summed E-state index contributed by atoms with van der Waals surface area (Å²) < 4.78 is 16.1. The van der Waals surface area contributed by atoms with Crippen LogP contribution in [0.2, 0.25) is 0 Å². The molecule has 66 valence electrons. The van der Waals surface area contributed by atoms with Crippen molar-refractivity contribution in [2.75, 3.05) is 7.11 Å². The Morgan fingerprint density at radius 3 is 2.17 bits per heavy atom. The second kappa shape index (κ2) is 3.83. The molecule has 0 amide bonds. The molecule has 0 radical (unpaired) electrons. The molecular formula is C9H12O2S. The Hall–Kier alpha value is -0.670. The molecule has 0 aromatic heterocycles. The average molecular weight is 184 g/mol. The van der Waals surface area contributed by atoms with Crippen LogP contribution in [0.15, 0.2) is 23.1 Å². The van der Waals surface area contributed by atoms with E-state index < -0.39 is 11.1 Å². The molecule has 2 nitrogen and oxygen atoms in total. The maximum absolute atomic E-state index is 11.3. The highest BCUT2D eigenvalue weighted by Crippen LogP contribution is 2.17.